The lowest BCUT2D eigenvalue weighted by molar-refractivity contribution is 0.237. The molecule has 1 rings (SSSR count). The molecule has 0 saturated carbocycles. The van der Waals surface area contributed by atoms with Gasteiger partial charge in [0.1, 0.15) is 17.2 Å². The van der Waals surface area contributed by atoms with Crippen molar-refractivity contribution in [2.24, 2.45) is 5.16 Å². The summed E-state index contributed by atoms with van der Waals surface area (Å²) in [6, 6.07) is 0.656. The van der Waals surface area contributed by atoms with E-state index in [9.17, 15) is 8.78 Å². The standard InChI is InChI=1S/C8H8F2N2O2/c1-14-4-7(12-13)8-6(10)2-5(9)3-11-8/h2-3,13H,4H2,1H3/b12-7+. The summed E-state index contributed by atoms with van der Waals surface area (Å²) in [4.78, 5) is 3.45. The molecule has 0 aromatic carbocycles. The SMILES string of the molecule is COC/C(=N\O)c1ncc(F)cc1F. The first-order chi connectivity index (χ1) is 6.69. The van der Waals surface area contributed by atoms with Crippen LogP contribution in [0.1, 0.15) is 5.69 Å². The van der Waals surface area contributed by atoms with E-state index in [0.29, 0.717) is 6.07 Å². The van der Waals surface area contributed by atoms with Crippen LogP contribution in [0.2, 0.25) is 0 Å². The van der Waals surface area contributed by atoms with Gasteiger partial charge in [0.2, 0.25) is 0 Å². The van der Waals surface area contributed by atoms with Crippen LogP contribution in [0.5, 0.6) is 0 Å². The van der Waals surface area contributed by atoms with Gasteiger partial charge in [0.15, 0.2) is 5.82 Å². The number of rotatable bonds is 3. The fraction of sp³-hybridized carbons (Fsp3) is 0.250. The minimum atomic E-state index is -0.894. The number of pyridine rings is 1. The summed E-state index contributed by atoms with van der Waals surface area (Å²) >= 11 is 0. The van der Waals surface area contributed by atoms with Crippen molar-refractivity contribution in [3.05, 3.63) is 29.6 Å². The van der Waals surface area contributed by atoms with E-state index in [4.69, 9.17) is 5.21 Å². The monoisotopic (exact) mass is 202 g/mol. The lowest BCUT2D eigenvalue weighted by atomic mass is 10.2. The summed E-state index contributed by atoms with van der Waals surface area (Å²) in [5.74, 6) is -1.68. The van der Waals surface area contributed by atoms with E-state index in [1.165, 1.54) is 7.11 Å². The van der Waals surface area contributed by atoms with E-state index in [1.54, 1.807) is 0 Å². The number of halogens is 2. The first-order valence-electron chi connectivity index (χ1n) is 3.70. The van der Waals surface area contributed by atoms with Gasteiger partial charge >= 0.3 is 0 Å². The van der Waals surface area contributed by atoms with Crippen LogP contribution in [0.25, 0.3) is 0 Å². The lowest BCUT2D eigenvalue weighted by Gasteiger charge is -2.03. The molecule has 0 saturated heterocycles. The summed E-state index contributed by atoms with van der Waals surface area (Å²) in [5, 5.41) is 11.3. The normalized spacial score (nSPS) is 11.8. The van der Waals surface area contributed by atoms with Gasteiger partial charge in [-0.15, -0.1) is 0 Å². The van der Waals surface area contributed by atoms with Crippen molar-refractivity contribution in [2.45, 2.75) is 0 Å². The summed E-state index contributed by atoms with van der Waals surface area (Å²) < 4.78 is 30.2. The molecule has 0 aliphatic heterocycles. The van der Waals surface area contributed by atoms with E-state index in [-0.39, 0.29) is 18.0 Å². The molecule has 0 radical (unpaired) electrons. The van der Waals surface area contributed by atoms with Gasteiger partial charge in [0.25, 0.3) is 0 Å². The van der Waals surface area contributed by atoms with Gasteiger partial charge < -0.3 is 9.94 Å². The molecule has 0 atom stereocenters. The number of aromatic nitrogens is 1. The predicted molar refractivity (Wildman–Crippen MR) is 44.4 cm³/mol. The van der Waals surface area contributed by atoms with Crippen LogP contribution in [0.4, 0.5) is 8.78 Å². The summed E-state index contributed by atoms with van der Waals surface area (Å²) in [7, 11) is 1.35. The Morgan fingerprint density at radius 3 is 2.86 bits per heavy atom. The molecular weight excluding hydrogens is 194 g/mol. The second kappa shape index (κ2) is 4.61. The van der Waals surface area contributed by atoms with Gasteiger partial charge in [-0.1, -0.05) is 5.16 Å². The maximum atomic E-state index is 13.1. The third kappa shape index (κ3) is 2.23. The number of methoxy groups -OCH3 is 1. The van der Waals surface area contributed by atoms with E-state index in [2.05, 4.69) is 14.9 Å². The molecular formula is C8H8F2N2O2. The van der Waals surface area contributed by atoms with Crippen LogP contribution in [-0.4, -0.2) is 29.6 Å². The second-order valence-corrected chi connectivity index (χ2v) is 2.46. The smallest absolute Gasteiger partial charge is 0.153 e. The Morgan fingerprint density at radius 1 is 1.64 bits per heavy atom. The van der Waals surface area contributed by atoms with E-state index >= 15 is 0 Å². The molecule has 1 N–H and O–H groups in total. The zero-order valence-electron chi connectivity index (χ0n) is 7.37. The topological polar surface area (TPSA) is 54.7 Å². The van der Waals surface area contributed by atoms with Crippen molar-refractivity contribution in [1.82, 2.24) is 4.98 Å². The lowest BCUT2D eigenvalue weighted by Crippen LogP contribution is -2.13. The Balaban J connectivity index is 3.05. The molecule has 1 aromatic heterocycles. The molecule has 0 amide bonds. The average Bonchev–Trinajstić information content (AvgIpc) is 2.15. The van der Waals surface area contributed by atoms with Gasteiger partial charge in [-0.3, -0.25) is 0 Å². The first-order valence-corrected chi connectivity index (χ1v) is 3.70. The largest absolute Gasteiger partial charge is 0.411 e. The molecule has 0 fully saturated rings. The quantitative estimate of drug-likeness (QED) is 0.455. The Bertz CT molecular complexity index is 355. The molecule has 0 bridgehead atoms. The van der Waals surface area contributed by atoms with Crippen LogP contribution < -0.4 is 0 Å². The predicted octanol–water partition coefficient (Wildman–Crippen LogP) is 1.18. The summed E-state index contributed by atoms with van der Waals surface area (Å²) in [6.45, 7) is -0.105. The maximum Gasteiger partial charge on any atom is 0.153 e. The third-order valence-corrected chi connectivity index (χ3v) is 1.48. The molecule has 76 valence electrons. The molecule has 0 aliphatic rings. The highest BCUT2D eigenvalue weighted by Gasteiger charge is 2.12. The highest BCUT2D eigenvalue weighted by molar-refractivity contribution is 5.99. The van der Waals surface area contributed by atoms with Crippen molar-refractivity contribution in [2.75, 3.05) is 13.7 Å². The number of hydrogen-bond acceptors (Lipinski definition) is 4. The molecule has 1 heterocycles. The minimum absolute atomic E-state index is 0.0926. The molecule has 4 nitrogen and oxygen atoms in total. The maximum absolute atomic E-state index is 13.1. The zero-order valence-corrected chi connectivity index (χ0v) is 7.37. The highest BCUT2D eigenvalue weighted by Crippen LogP contribution is 2.07. The van der Waals surface area contributed by atoms with Gasteiger partial charge in [-0.2, -0.15) is 0 Å². The zero-order chi connectivity index (χ0) is 10.6. The molecule has 0 aliphatic carbocycles. The Labute approximate surface area is 78.8 Å². The van der Waals surface area contributed by atoms with Crippen LogP contribution >= 0.6 is 0 Å². The summed E-state index contributed by atoms with van der Waals surface area (Å²) in [5.41, 5.74) is -0.319. The van der Waals surface area contributed by atoms with Crippen molar-refractivity contribution in [3.8, 4) is 0 Å². The van der Waals surface area contributed by atoms with Crippen LogP contribution in [0, 0.1) is 11.6 Å². The molecule has 1 aromatic rings. The highest BCUT2D eigenvalue weighted by atomic mass is 19.1. The first kappa shape index (κ1) is 10.5. The van der Waals surface area contributed by atoms with E-state index < -0.39 is 11.6 Å². The number of oxime groups is 1. The van der Waals surface area contributed by atoms with Crippen molar-refractivity contribution in [1.29, 1.82) is 0 Å². The Hall–Kier alpha value is -1.56. The van der Waals surface area contributed by atoms with Gasteiger partial charge in [0.05, 0.1) is 12.8 Å². The van der Waals surface area contributed by atoms with Crippen molar-refractivity contribution < 1.29 is 18.7 Å². The average molecular weight is 202 g/mol. The van der Waals surface area contributed by atoms with Gasteiger partial charge in [0, 0.05) is 13.2 Å². The van der Waals surface area contributed by atoms with Gasteiger partial charge in [-0.05, 0) is 0 Å². The second-order valence-electron chi connectivity index (χ2n) is 2.46. The number of nitrogens with zero attached hydrogens (tertiary/aromatic N) is 2. The summed E-state index contributed by atoms with van der Waals surface area (Å²) in [6.07, 6.45) is 0.833. The van der Waals surface area contributed by atoms with Crippen LogP contribution in [0.15, 0.2) is 17.4 Å². The molecule has 0 spiro atoms. The van der Waals surface area contributed by atoms with Crippen molar-refractivity contribution >= 4 is 5.71 Å². The fourth-order valence-corrected chi connectivity index (χ4v) is 0.908. The van der Waals surface area contributed by atoms with Crippen LogP contribution in [0.3, 0.4) is 0 Å². The van der Waals surface area contributed by atoms with Gasteiger partial charge in [-0.25, -0.2) is 13.8 Å². The molecule has 6 heteroatoms. The van der Waals surface area contributed by atoms with E-state index in [0.717, 1.165) is 6.20 Å². The van der Waals surface area contributed by atoms with Crippen LogP contribution in [-0.2, 0) is 4.74 Å². The Morgan fingerprint density at radius 2 is 2.36 bits per heavy atom. The van der Waals surface area contributed by atoms with Crippen molar-refractivity contribution in [3.63, 3.8) is 0 Å². The van der Waals surface area contributed by atoms with E-state index in [1.807, 2.05) is 0 Å². The number of ether oxygens (including phenoxy) is 1. The Kier molecular flexibility index (Phi) is 3.47. The minimum Gasteiger partial charge on any atom is -0.411 e. The molecule has 14 heavy (non-hydrogen) atoms. The third-order valence-electron chi connectivity index (χ3n) is 1.48. The molecule has 0 unspecified atom stereocenters. The fourth-order valence-electron chi connectivity index (χ4n) is 0.908. The number of hydrogen-bond donors (Lipinski definition) is 1.